The molecule has 3 N–H and O–H groups in total. The lowest BCUT2D eigenvalue weighted by Gasteiger charge is -2.16. The number of alkyl halides is 3. The highest BCUT2D eigenvalue weighted by atomic mass is 35.5. The summed E-state index contributed by atoms with van der Waals surface area (Å²) in [5.74, 6) is -2.45. The number of hydrogen-bond donors (Lipinski definition) is 3. The number of carbonyl (C=O) groups is 2. The summed E-state index contributed by atoms with van der Waals surface area (Å²) in [5, 5.41) is 18.6. The fourth-order valence-electron chi connectivity index (χ4n) is 2.28. The Labute approximate surface area is 150 Å². The smallest absolute Gasteiger partial charge is 0.417 e. The van der Waals surface area contributed by atoms with Crippen molar-refractivity contribution >= 4 is 34.9 Å². The summed E-state index contributed by atoms with van der Waals surface area (Å²) in [6.45, 7) is 1.39. The monoisotopic (exact) mass is 384 g/mol. The molecule has 0 aliphatic carbocycles. The van der Waals surface area contributed by atoms with E-state index in [1.54, 1.807) is 0 Å². The number of carboxylic acids is 1. The molecule has 0 saturated carbocycles. The highest BCUT2D eigenvalue weighted by molar-refractivity contribution is 6.34. The van der Waals surface area contributed by atoms with Gasteiger partial charge in [-0.1, -0.05) is 23.7 Å². The van der Waals surface area contributed by atoms with Crippen LogP contribution in [0.5, 0.6) is 0 Å². The Morgan fingerprint density at radius 3 is 2.38 bits per heavy atom. The first kappa shape index (κ1) is 19.5. The number of anilines is 1. The summed E-state index contributed by atoms with van der Waals surface area (Å²) >= 11 is 5.78. The molecular formula is C17H12ClF3N2O3. The van der Waals surface area contributed by atoms with Gasteiger partial charge in [-0.05, 0) is 31.2 Å². The lowest BCUT2D eigenvalue weighted by atomic mass is 10.0. The Bertz CT molecular complexity index is 911. The van der Waals surface area contributed by atoms with Crippen molar-refractivity contribution in [3.63, 3.8) is 0 Å². The van der Waals surface area contributed by atoms with E-state index in [0.717, 1.165) is 24.3 Å². The van der Waals surface area contributed by atoms with Crippen LogP contribution >= 0.6 is 11.6 Å². The van der Waals surface area contributed by atoms with Gasteiger partial charge >= 0.3 is 12.1 Å². The minimum atomic E-state index is -4.80. The summed E-state index contributed by atoms with van der Waals surface area (Å²) in [6.07, 6.45) is -4.80. The summed E-state index contributed by atoms with van der Waals surface area (Å²) in [4.78, 5) is 23.5. The Morgan fingerprint density at radius 1 is 1.19 bits per heavy atom. The van der Waals surface area contributed by atoms with Crippen LogP contribution in [0.25, 0.3) is 0 Å². The lowest BCUT2D eigenvalue weighted by molar-refractivity contribution is -0.137. The third-order valence-corrected chi connectivity index (χ3v) is 3.78. The van der Waals surface area contributed by atoms with Crippen LogP contribution in [0.3, 0.4) is 0 Å². The fourth-order valence-corrected chi connectivity index (χ4v) is 2.54. The van der Waals surface area contributed by atoms with E-state index in [-0.39, 0.29) is 22.5 Å². The maximum absolute atomic E-state index is 13.2. The van der Waals surface area contributed by atoms with Gasteiger partial charge in [-0.2, -0.15) is 13.2 Å². The van der Waals surface area contributed by atoms with Crippen LogP contribution in [0.1, 0.15) is 38.8 Å². The van der Waals surface area contributed by atoms with Crippen molar-refractivity contribution in [2.45, 2.75) is 13.1 Å². The molecule has 0 radical (unpaired) electrons. The summed E-state index contributed by atoms with van der Waals surface area (Å²) in [7, 11) is 0. The van der Waals surface area contributed by atoms with Crippen molar-refractivity contribution in [2.75, 3.05) is 5.32 Å². The highest BCUT2D eigenvalue weighted by Crippen LogP contribution is 2.35. The van der Waals surface area contributed by atoms with E-state index in [1.807, 2.05) is 0 Å². The number of halogens is 4. The molecule has 0 unspecified atom stereocenters. The third kappa shape index (κ3) is 4.02. The molecule has 2 aromatic rings. The normalized spacial score (nSPS) is 11.1. The second-order valence-electron chi connectivity index (χ2n) is 5.30. The standard InChI is InChI=1S/C17H12ClF3N2O3/c1-8(22)10-6-5-9(16(25)26)7-13(10)23-15(24)14-11(17(19,20)21)3-2-4-12(14)18/h2-7,22H,1H3,(H,23,24)(H,25,26). The highest BCUT2D eigenvalue weighted by Gasteiger charge is 2.36. The predicted molar refractivity (Wildman–Crippen MR) is 90.3 cm³/mol. The number of benzene rings is 2. The minimum absolute atomic E-state index is 0.00700. The minimum Gasteiger partial charge on any atom is -0.478 e. The molecule has 0 fully saturated rings. The predicted octanol–water partition coefficient (Wildman–Crippen LogP) is 4.70. The average Bonchev–Trinajstić information content (AvgIpc) is 2.53. The van der Waals surface area contributed by atoms with Crippen LogP contribution in [-0.2, 0) is 6.18 Å². The van der Waals surface area contributed by atoms with E-state index >= 15 is 0 Å². The molecule has 0 heterocycles. The summed E-state index contributed by atoms with van der Waals surface area (Å²) in [6, 6.07) is 6.51. The van der Waals surface area contributed by atoms with E-state index in [2.05, 4.69) is 5.32 Å². The molecule has 0 spiro atoms. The van der Waals surface area contributed by atoms with Gasteiger partial charge in [0.1, 0.15) is 0 Å². The Kier molecular flexibility index (Phi) is 5.36. The number of amides is 1. The third-order valence-electron chi connectivity index (χ3n) is 3.46. The molecule has 2 aromatic carbocycles. The molecular weight excluding hydrogens is 373 g/mol. The van der Waals surface area contributed by atoms with Crippen molar-refractivity contribution in [3.05, 3.63) is 63.7 Å². The van der Waals surface area contributed by atoms with Crippen molar-refractivity contribution in [2.24, 2.45) is 0 Å². The number of hydrogen-bond acceptors (Lipinski definition) is 3. The van der Waals surface area contributed by atoms with Gasteiger partial charge in [0.2, 0.25) is 0 Å². The largest absolute Gasteiger partial charge is 0.478 e. The first-order valence-electron chi connectivity index (χ1n) is 7.12. The molecule has 9 heteroatoms. The quantitative estimate of drug-likeness (QED) is 0.667. The van der Waals surface area contributed by atoms with Gasteiger partial charge in [0, 0.05) is 11.3 Å². The second-order valence-corrected chi connectivity index (χ2v) is 5.71. The van der Waals surface area contributed by atoms with E-state index in [0.29, 0.717) is 0 Å². The Hall–Kier alpha value is -2.87. The van der Waals surface area contributed by atoms with Gasteiger partial charge in [-0.15, -0.1) is 0 Å². The first-order chi connectivity index (χ1) is 12.0. The maximum atomic E-state index is 13.2. The molecule has 136 valence electrons. The second kappa shape index (κ2) is 7.17. The first-order valence-corrected chi connectivity index (χ1v) is 7.50. The van der Waals surface area contributed by atoms with Crippen molar-refractivity contribution in [1.82, 2.24) is 0 Å². The number of rotatable bonds is 4. The van der Waals surface area contributed by atoms with Gasteiger partial charge < -0.3 is 15.8 Å². The van der Waals surface area contributed by atoms with Crippen molar-refractivity contribution in [3.8, 4) is 0 Å². The van der Waals surface area contributed by atoms with Crippen LogP contribution in [0.4, 0.5) is 18.9 Å². The van der Waals surface area contributed by atoms with Crippen LogP contribution < -0.4 is 5.32 Å². The van der Waals surface area contributed by atoms with Gasteiger partial charge in [0.05, 0.1) is 27.4 Å². The fraction of sp³-hybridized carbons (Fsp3) is 0.118. The zero-order valence-electron chi connectivity index (χ0n) is 13.2. The van der Waals surface area contributed by atoms with Crippen LogP contribution in [0, 0.1) is 5.41 Å². The molecule has 0 aliphatic heterocycles. The number of nitrogens with one attached hydrogen (secondary N) is 2. The van der Waals surface area contributed by atoms with Crippen molar-refractivity contribution < 1.29 is 27.9 Å². The van der Waals surface area contributed by atoms with Crippen molar-refractivity contribution in [1.29, 1.82) is 5.41 Å². The molecule has 26 heavy (non-hydrogen) atoms. The van der Waals surface area contributed by atoms with Crippen LogP contribution in [0.15, 0.2) is 36.4 Å². The molecule has 0 saturated heterocycles. The topological polar surface area (TPSA) is 90.2 Å². The maximum Gasteiger partial charge on any atom is 0.417 e. The van der Waals surface area contributed by atoms with Gasteiger partial charge in [-0.25, -0.2) is 4.79 Å². The Balaban J connectivity index is 2.54. The SMILES string of the molecule is CC(=N)c1ccc(C(=O)O)cc1NC(=O)c1c(Cl)cccc1C(F)(F)F. The van der Waals surface area contributed by atoms with Gasteiger partial charge in [-0.3, -0.25) is 4.79 Å². The molecule has 5 nitrogen and oxygen atoms in total. The molecule has 1 amide bonds. The lowest BCUT2D eigenvalue weighted by Crippen LogP contribution is -2.20. The average molecular weight is 385 g/mol. The van der Waals surface area contributed by atoms with Crippen LogP contribution in [-0.4, -0.2) is 22.7 Å². The summed E-state index contributed by atoms with van der Waals surface area (Å²) in [5.41, 5.74) is -2.13. The van der Waals surface area contributed by atoms with E-state index in [4.69, 9.17) is 22.1 Å². The van der Waals surface area contributed by atoms with Gasteiger partial charge in [0.15, 0.2) is 0 Å². The Morgan fingerprint density at radius 2 is 1.85 bits per heavy atom. The number of aromatic carboxylic acids is 1. The molecule has 2 rings (SSSR count). The number of carbonyl (C=O) groups excluding carboxylic acids is 1. The molecule has 0 aromatic heterocycles. The zero-order chi connectivity index (χ0) is 19.6. The zero-order valence-corrected chi connectivity index (χ0v) is 14.0. The summed E-state index contributed by atoms with van der Waals surface area (Å²) < 4.78 is 39.5. The van der Waals surface area contributed by atoms with Crippen LogP contribution in [0.2, 0.25) is 5.02 Å². The molecule has 0 aliphatic rings. The molecule has 0 bridgehead atoms. The van der Waals surface area contributed by atoms with Gasteiger partial charge in [0.25, 0.3) is 5.91 Å². The van der Waals surface area contributed by atoms with E-state index in [1.165, 1.54) is 19.1 Å². The number of carboxylic acid groups (broad SMARTS) is 1. The van der Waals surface area contributed by atoms with E-state index < -0.39 is 34.2 Å². The molecule has 0 atom stereocenters. The van der Waals surface area contributed by atoms with E-state index in [9.17, 15) is 22.8 Å².